The summed E-state index contributed by atoms with van der Waals surface area (Å²) in [5, 5.41) is 22.8. The van der Waals surface area contributed by atoms with Crippen molar-refractivity contribution in [3.63, 3.8) is 0 Å². The van der Waals surface area contributed by atoms with Gasteiger partial charge in [-0.2, -0.15) is 20.1 Å². The van der Waals surface area contributed by atoms with Crippen molar-refractivity contribution in [1.29, 1.82) is 0 Å². The molecule has 1 heterocycles. The molecule has 0 aliphatic carbocycles. The second kappa shape index (κ2) is 8.31. The van der Waals surface area contributed by atoms with E-state index in [0.717, 1.165) is 10.8 Å². The van der Waals surface area contributed by atoms with Gasteiger partial charge in [-0.1, -0.05) is 30.3 Å². The number of phenolic OH excluding ortho intramolecular Hbond substituents is 1. The van der Waals surface area contributed by atoms with Crippen LogP contribution in [0.25, 0.3) is 10.8 Å². The van der Waals surface area contributed by atoms with E-state index in [1.165, 1.54) is 0 Å². The van der Waals surface area contributed by atoms with E-state index < -0.39 is 0 Å². The monoisotopic (exact) mass is 365 g/mol. The Morgan fingerprint density at radius 1 is 0.926 bits per heavy atom. The Labute approximate surface area is 157 Å². The summed E-state index contributed by atoms with van der Waals surface area (Å²) in [5.41, 5.74) is 4.12. The molecule has 0 radical (unpaired) electrons. The highest BCUT2D eigenvalue weighted by molar-refractivity contribution is 6.06. The van der Waals surface area contributed by atoms with E-state index in [1.54, 1.807) is 0 Å². The van der Waals surface area contributed by atoms with Gasteiger partial charge in [-0.15, -0.1) is 0 Å². The molecule has 0 bridgehead atoms. The summed E-state index contributed by atoms with van der Waals surface area (Å²) in [5.74, 6) is 1.45. The third-order valence-corrected chi connectivity index (χ3v) is 3.92. The van der Waals surface area contributed by atoms with E-state index in [-0.39, 0.29) is 5.75 Å². The van der Waals surface area contributed by atoms with E-state index in [9.17, 15) is 5.11 Å². The lowest BCUT2D eigenvalue weighted by molar-refractivity contribution is 0.480. The molecule has 3 aromatic rings. The van der Waals surface area contributed by atoms with E-state index in [2.05, 4.69) is 36.1 Å². The average Bonchev–Trinajstić information content (AvgIpc) is 2.67. The quantitative estimate of drug-likeness (QED) is 0.375. The maximum Gasteiger partial charge on any atom is 0.250 e. The number of phenols is 1. The Morgan fingerprint density at radius 2 is 1.56 bits per heavy atom. The van der Waals surface area contributed by atoms with E-state index in [4.69, 9.17) is 0 Å². The van der Waals surface area contributed by atoms with Crippen molar-refractivity contribution in [2.75, 3.05) is 29.1 Å². The van der Waals surface area contributed by atoms with Crippen LogP contribution in [0.15, 0.2) is 41.5 Å². The van der Waals surface area contributed by atoms with Crippen LogP contribution >= 0.6 is 0 Å². The van der Waals surface area contributed by atoms with Crippen LogP contribution in [0, 0.1) is 0 Å². The van der Waals surface area contributed by atoms with E-state index >= 15 is 0 Å². The maximum absolute atomic E-state index is 10.6. The number of nitrogens with zero attached hydrogens (tertiary/aromatic N) is 4. The van der Waals surface area contributed by atoms with Crippen molar-refractivity contribution in [2.24, 2.45) is 5.10 Å². The highest BCUT2D eigenvalue weighted by atomic mass is 16.3. The Balaban J connectivity index is 1.88. The molecule has 0 amide bonds. The van der Waals surface area contributed by atoms with Gasteiger partial charge in [0.25, 0.3) is 0 Å². The third kappa shape index (κ3) is 4.22. The first-order chi connectivity index (χ1) is 13.1. The van der Waals surface area contributed by atoms with Crippen molar-refractivity contribution in [3.8, 4) is 5.75 Å². The molecule has 0 aliphatic heterocycles. The van der Waals surface area contributed by atoms with Gasteiger partial charge in [-0.3, -0.25) is 0 Å². The van der Waals surface area contributed by atoms with Gasteiger partial charge in [0.15, 0.2) is 0 Å². The molecule has 140 valence electrons. The summed E-state index contributed by atoms with van der Waals surface area (Å²) in [4.78, 5) is 12.9. The minimum atomic E-state index is 0.202. The fourth-order valence-corrected chi connectivity index (χ4v) is 2.64. The Bertz CT molecular complexity index is 947. The van der Waals surface area contributed by atoms with Crippen LogP contribution in [-0.2, 0) is 0 Å². The summed E-state index contributed by atoms with van der Waals surface area (Å²) in [6.07, 6.45) is 0. The molecule has 0 spiro atoms. The zero-order chi connectivity index (χ0) is 19.2. The molecule has 27 heavy (non-hydrogen) atoms. The average molecular weight is 365 g/mol. The Kier molecular flexibility index (Phi) is 5.65. The zero-order valence-corrected chi connectivity index (χ0v) is 15.6. The van der Waals surface area contributed by atoms with Crippen LogP contribution in [0.4, 0.5) is 17.8 Å². The summed E-state index contributed by atoms with van der Waals surface area (Å²) < 4.78 is 0. The lowest BCUT2D eigenvalue weighted by Crippen LogP contribution is -2.11. The number of aromatic hydroxyl groups is 1. The summed E-state index contributed by atoms with van der Waals surface area (Å²) >= 11 is 0. The van der Waals surface area contributed by atoms with Crippen LogP contribution in [0.2, 0.25) is 0 Å². The van der Waals surface area contributed by atoms with Crippen molar-refractivity contribution in [1.82, 2.24) is 15.0 Å². The molecule has 0 atom stereocenters. The largest absolute Gasteiger partial charge is 0.507 e. The van der Waals surface area contributed by atoms with Crippen LogP contribution in [-0.4, -0.2) is 38.9 Å². The van der Waals surface area contributed by atoms with Gasteiger partial charge in [0.05, 0.1) is 5.71 Å². The molecule has 0 saturated carbocycles. The molecule has 1 aromatic heterocycles. The molecule has 8 heteroatoms. The Hall–Kier alpha value is -3.42. The molecule has 2 aromatic carbocycles. The third-order valence-electron chi connectivity index (χ3n) is 3.92. The number of hydrogen-bond acceptors (Lipinski definition) is 8. The van der Waals surface area contributed by atoms with Gasteiger partial charge in [-0.05, 0) is 32.2 Å². The molecule has 4 N–H and O–H groups in total. The number of fused-ring (bicyclic) bond motifs is 1. The first-order valence-electron chi connectivity index (χ1n) is 8.87. The van der Waals surface area contributed by atoms with Gasteiger partial charge in [0, 0.05) is 24.0 Å². The predicted octanol–water partition coefficient (Wildman–Crippen LogP) is 3.43. The fraction of sp³-hybridized carbons (Fsp3) is 0.263. The van der Waals surface area contributed by atoms with Gasteiger partial charge in [0.2, 0.25) is 17.8 Å². The first kappa shape index (κ1) is 18.4. The fourth-order valence-electron chi connectivity index (χ4n) is 2.64. The smallest absolute Gasteiger partial charge is 0.250 e. The number of anilines is 3. The minimum absolute atomic E-state index is 0.202. The van der Waals surface area contributed by atoms with Crippen molar-refractivity contribution < 1.29 is 5.11 Å². The summed E-state index contributed by atoms with van der Waals surface area (Å²) in [7, 11) is 0. The maximum atomic E-state index is 10.6. The Morgan fingerprint density at radius 3 is 2.22 bits per heavy atom. The molecule has 8 nitrogen and oxygen atoms in total. The second-order valence-electron chi connectivity index (χ2n) is 5.86. The summed E-state index contributed by atoms with van der Waals surface area (Å²) in [6.45, 7) is 7.14. The zero-order valence-electron chi connectivity index (χ0n) is 15.6. The number of rotatable bonds is 7. The summed E-state index contributed by atoms with van der Waals surface area (Å²) in [6, 6.07) is 11.5. The van der Waals surface area contributed by atoms with Crippen molar-refractivity contribution in [3.05, 3.63) is 42.0 Å². The van der Waals surface area contributed by atoms with Crippen molar-refractivity contribution in [2.45, 2.75) is 20.8 Å². The van der Waals surface area contributed by atoms with Gasteiger partial charge >= 0.3 is 0 Å². The van der Waals surface area contributed by atoms with Gasteiger partial charge < -0.3 is 15.7 Å². The molecule has 0 unspecified atom stereocenters. The van der Waals surface area contributed by atoms with Crippen LogP contribution in [0.1, 0.15) is 26.3 Å². The highest BCUT2D eigenvalue weighted by Crippen LogP contribution is 2.29. The van der Waals surface area contributed by atoms with Crippen LogP contribution in [0.5, 0.6) is 5.75 Å². The lowest BCUT2D eigenvalue weighted by Gasteiger charge is -2.10. The highest BCUT2D eigenvalue weighted by Gasteiger charge is 2.10. The number of nitrogens with one attached hydrogen (secondary N) is 3. The first-order valence-corrected chi connectivity index (χ1v) is 8.87. The van der Waals surface area contributed by atoms with Gasteiger partial charge in [-0.25, -0.2) is 5.43 Å². The normalized spacial score (nSPS) is 11.4. The van der Waals surface area contributed by atoms with E-state index in [1.807, 2.05) is 57.2 Å². The molecule has 0 aliphatic rings. The number of aromatic nitrogens is 3. The van der Waals surface area contributed by atoms with Gasteiger partial charge in [0.1, 0.15) is 5.75 Å². The molecular weight excluding hydrogens is 342 g/mol. The number of benzene rings is 2. The second-order valence-corrected chi connectivity index (χ2v) is 5.86. The van der Waals surface area contributed by atoms with Crippen LogP contribution < -0.4 is 16.1 Å². The topological polar surface area (TPSA) is 107 Å². The molecule has 0 saturated heterocycles. The van der Waals surface area contributed by atoms with Crippen LogP contribution in [0.3, 0.4) is 0 Å². The number of hydrazone groups is 1. The molecule has 3 rings (SSSR count). The predicted molar refractivity (Wildman–Crippen MR) is 110 cm³/mol. The molecular formula is C19H23N7O. The minimum Gasteiger partial charge on any atom is -0.507 e. The SMILES string of the molecule is CCNc1nc(NCC)nc(N/N=C(/C)c2ccc3ccccc3c2O)n1. The standard InChI is InChI=1S/C19H23N7O/c1-4-20-17-22-18(21-5-2)24-19(23-17)26-25-12(3)14-11-10-13-8-6-7-9-15(13)16(14)27/h6-11,27H,4-5H2,1-3H3,(H3,20,21,22,23,24,26)/b25-12-. The number of hydrogen-bond donors (Lipinski definition) is 4. The van der Waals surface area contributed by atoms with E-state index in [0.29, 0.717) is 42.2 Å². The molecule has 0 fully saturated rings. The van der Waals surface area contributed by atoms with Crippen molar-refractivity contribution >= 4 is 34.3 Å². The lowest BCUT2D eigenvalue weighted by atomic mass is 10.0.